The minimum absolute atomic E-state index is 0.386. The van der Waals surface area contributed by atoms with Gasteiger partial charge in [-0.25, -0.2) is 8.42 Å². The number of rotatable bonds is 3. The van der Waals surface area contributed by atoms with E-state index in [1.54, 1.807) is 16.4 Å². The summed E-state index contributed by atoms with van der Waals surface area (Å²) in [5.41, 5.74) is 0.761. The SMILES string of the molecule is CC(C)c1ccc(S(=O)(=O)N2CCNCC2(C)C)cc1. The number of benzene rings is 1. The monoisotopic (exact) mass is 296 g/mol. The van der Waals surface area contributed by atoms with Crippen LogP contribution >= 0.6 is 0 Å². The number of hydrogen-bond acceptors (Lipinski definition) is 3. The molecule has 112 valence electrons. The molecule has 1 N–H and O–H groups in total. The highest BCUT2D eigenvalue weighted by atomic mass is 32.2. The Hall–Kier alpha value is -0.910. The molecule has 0 aliphatic carbocycles. The Morgan fingerprint density at radius 1 is 1.20 bits per heavy atom. The predicted molar refractivity (Wildman–Crippen MR) is 81.4 cm³/mol. The van der Waals surface area contributed by atoms with Gasteiger partial charge in [-0.3, -0.25) is 0 Å². The fourth-order valence-electron chi connectivity index (χ4n) is 2.56. The first-order valence-corrected chi connectivity index (χ1v) is 8.53. The standard InChI is InChI=1S/C15H24N2O2S/c1-12(2)13-5-7-14(8-6-13)20(18,19)17-10-9-16-11-15(17,3)4/h5-8,12,16H,9-11H2,1-4H3. The summed E-state index contributed by atoms with van der Waals surface area (Å²) >= 11 is 0. The molecule has 0 unspecified atom stereocenters. The van der Waals surface area contributed by atoms with E-state index in [0.29, 0.717) is 30.4 Å². The van der Waals surface area contributed by atoms with Gasteiger partial charge in [0.25, 0.3) is 0 Å². The van der Waals surface area contributed by atoms with Crippen molar-refractivity contribution < 1.29 is 8.42 Å². The van der Waals surface area contributed by atoms with Gasteiger partial charge in [0.05, 0.1) is 4.90 Å². The number of piperazine rings is 1. The van der Waals surface area contributed by atoms with Crippen LogP contribution in [0.25, 0.3) is 0 Å². The van der Waals surface area contributed by atoms with Crippen molar-refractivity contribution in [3.8, 4) is 0 Å². The topological polar surface area (TPSA) is 49.4 Å². The zero-order valence-electron chi connectivity index (χ0n) is 12.7. The van der Waals surface area contributed by atoms with Crippen molar-refractivity contribution in [1.82, 2.24) is 9.62 Å². The van der Waals surface area contributed by atoms with Crippen LogP contribution in [0.4, 0.5) is 0 Å². The molecule has 1 aliphatic rings. The Balaban J connectivity index is 2.34. The third kappa shape index (κ3) is 2.90. The summed E-state index contributed by atoms with van der Waals surface area (Å²) in [5, 5.41) is 3.25. The van der Waals surface area contributed by atoms with Gasteiger partial charge in [-0.1, -0.05) is 26.0 Å². The van der Waals surface area contributed by atoms with Gasteiger partial charge in [0, 0.05) is 25.2 Å². The van der Waals surface area contributed by atoms with Gasteiger partial charge >= 0.3 is 0 Å². The lowest BCUT2D eigenvalue weighted by Crippen LogP contribution is -2.59. The Labute approximate surface area is 122 Å². The Morgan fingerprint density at radius 3 is 2.30 bits per heavy atom. The lowest BCUT2D eigenvalue weighted by atomic mass is 10.0. The second-order valence-corrected chi connectivity index (χ2v) is 8.15. The minimum Gasteiger partial charge on any atom is -0.314 e. The molecule has 1 aliphatic heterocycles. The summed E-state index contributed by atoms with van der Waals surface area (Å²) < 4.78 is 27.2. The molecule has 0 saturated carbocycles. The molecule has 0 spiro atoms. The van der Waals surface area contributed by atoms with Crippen LogP contribution in [0.1, 0.15) is 39.2 Å². The average molecular weight is 296 g/mol. The van der Waals surface area contributed by atoms with E-state index in [-0.39, 0.29) is 0 Å². The van der Waals surface area contributed by atoms with Gasteiger partial charge in [0.2, 0.25) is 10.0 Å². The van der Waals surface area contributed by atoms with Crippen LogP contribution in [0.15, 0.2) is 29.2 Å². The molecule has 4 nitrogen and oxygen atoms in total. The van der Waals surface area contributed by atoms with Crippen molar-refractivity contribution in [3.63, 3.8) is 0 Å². The lowest BCUT2D eigenvalue weighted by molar-refractivity contribution is 0.186. The molecule has 0 aromatic heterocycles. The highest BCUT2D eigenvalue weighted by Crippen LogP contribution is 2.26. The maximum Gasteiger partial charge on any atom is 0.243 e. The molecule has 1 saturated heterocycles. The number of hydrogen-bond donors (Lipinski definition) is 1. The first-order chi connectivity index (χ1) is 9.25. The van der Waals surface area contributed by atoms with Crippen LogP contribution < -0.4 is 5.32 Å². The second kappa shape index (κ2) is 5.47. The van der Waals surface area contributed by atoms with Crippen LogP contribution in [-0.4, -0.2) is 37.9 Å². The van der Waals surface area contributed by atoms with E-state index < -0.39 is 15.6 Å². The first-order valence-electron chi connectivity index (χ1n) is 7.09. The van der Waals surface area contributed by atoms with Gasteiger partial charge in [-0.2, -0.15) is 4.31 Å². The van der Waals surface area contributed by atoms with Gasteiger partial charge in [0.15, 0.2) is 0 Å². The second-order valence-electron chi connectivity index (χ2n) is 6.29. The summed E-state index contributed by atoms with van der Waals surface area (Å²) in [6.45, 7) is 10.0. The maximum absolute atomic E-state index is 12.8. The molecule has 1 aromatic rings. The largest absolute Gasteiger partial charge is 0.314 e. The van der Waals surface area contributed by atoms with Crippen molar-refractivity contribution in [3.05, 3.63) is 29.8 Å². The van der Waals surface area contributed by atoms with E-state index in [2.05, 4.69) is 19.2 Å². The van der Waals surface area contributed by atoms with Gasteiger partial charge in [0.1, 0.15) is 0 Å². The Bertz CT molecular complexity index is 562. The van der Waals surface area contributed by atoms with Gasteiger partial charge in [-0.05, 0) is 37.5 Å². The van der Waals surface area contributed by atoms with E-state index in [1.807, 2.05) is 26.0 Å². The number of sulfonamides is 1. The third-order valence-corrected chi connectivity index (χ3v) is 5.98. The quantitative estimate of drug-likeness (QED) is 0.930. The third-order valence-electron chi connectivity index (χ3n) is 3.86. The van der Waals surface area contributed by atoms with Gasteiger partial charge in [-0.15, -0.1) is 0 Å². The van der Waals surface area contributed by atoms with Crippen molar-refractivity contribution in [2.45, 2.75) is 44.0 Å². The fourth-order valence-corrected chi connectivity index (χ4v) is 4.34. The van der Waals surface area contributed by atoms with Crippen molar-refractivity contribution in [2.75, 3.05) is 19.6 Å². The summed E-state index contributed by atoms with van der Waals surface area (Å²) in [4.78, 5) is 0.386. The molecule has 0 radical (unpaired) electrons. The molecule has 2 rings (SSSR count). The molecule has 20 heavy (non-hydrogen) atoms. The van der Waals surface area contributed by atoms with E-state index in [4.69, 9.17) is 0 Å². The van der Waals surface area contributed by atoms with Crippen LogP contribution in [0, 0.1) is 0 Å². The molecular formula is C15H24N2O2S. The van der Waals surface area contributed by atoms with Crippen LogP contribution in [0.2, 0.25) is 0 Å². The zero-order chi connectivity index (χ0) is 15.0. The van der Waals surface area contributed by atoms with Crippen LogP contribution in [0.3, 0.4) is 0 Å². The molecule has 1 heterocycles. The first kappa shape index (κ1) is 15.5. The van der Waals surface area contributed by atoms with Crippen LogP contribution in [0.5, 0.6) is 0 Å². The molecule has 5 heteroatoms. The number of nitrogens with one attached hydrogen (secondary N) is 1. The average Bonchev–Trinajstić information content (AvgIpc) is 2.38. The highest BCUT2D eigenvalue weighted by molar-refractivity contribution is 7.89. The zero-order valence-corrected chi connectivity index (χ0v) is 13.5. The van der Waals surface area contributed by atoms with Gasteiger partial charge < -0.3 is 5.32 Å². The smallest absolute Gasteiger partial charge is 0.243 e. The molecule has 0 bridgehead atoms. The molecule has 1 aromatic carbocycles. The molecular weight excluding hydrogens is 272 g/mol. The highest BCUT2D eigenvalue weighted by Gasteiger charge is 2.38. The van der Waals surface area contributed by atoms with Crippen molar-refractivity contribution >= 4 is 10.0 Å². The lowest BCUT2D eigenvalue weighted by Gasteiger charge is -2.41. The molecule has 1 fully saturated rings. The summed E-state index contributed by atoms with van der Waals surface area (Å²) in [6.07, 6.45) is 0. The molecule has 0 amide bonds. The Kier molecular flexibility index (Phi) is 4.23. The van der Waals surface area contributed by atoms with E-state index in [9.17, 15) is 8.42 Å². The summed E-state index contributed by atoms with van der Waals surface area (Å²) in [7, 11) is -3.42. The fraction of sp³-hybridized carbons (Fsp3) is 0.600. The molecule has 0 atom stereocenters. The predicted octanol–water partition coefficient (Wildman–Crippen LogP) is 2.18. The van der Waals surface area contributed by atoms with Crippen molar-refractivity contribution in [2.24, 2.45) is 0 Å². The number of nitrogens with zero attached hydrogens (tertiary/aromatic N) is 1. The Morgan fingerprint density at radius 2 is 1.80 bits per heavy atom. The summed E-state index contributed by atoms with van der Waals surface area (Å²) in [6, 6.07) is 7.27. The van der Waals surface area contributed by atoms with Crippen molar-refractivity contribution in [1.29, 1.82) is 0 Å². The maximum atomic E-state index is 12.8. The summed E-state index contributed by atoms with van der Waals surface area (Å²) in [5.74, 6) is 0.405. The van der Waals surface area contributed by atoms with E-state index in [0.717, 1.165) is 5.56 Å². The van der Waals surface area contributed by atoms with E-state index >= 15 is 0 Å². The normalized spacial score (nSPS) is 20.2. The van der Waals surface area contributed by atoms with E-state index in [1.165, 1.54) is 0 Å². The van der Waals surface area contributed by atoms with Crippen LogP contribution in [-0.2, 0) is 10.0 Å². The minimum atomic E-state index is -3.42.